The molecule has 0 aliphatic carbocycles. The molecular weight excluding hydrogens is 434 g/mol. The fourth-order valence-corrected chi connectivity index (χ4v) is 2.46. The number of carbonyl (C=O) groups excluding carboxylic acids is 2. The van der Waals surface area contributed by atoms with Gasteiger partial charge in [0, 0.05) is 10.7 Å². The molecule has 1 rings (SSSR count). The highest BCUT2D eigenvalue weighted by molar-refractivity contribution is 9.09. The number of rotatable bonds is 10. The van der Waals surface area contributed by atoms with Gasteiger partial charge in [-0.1, -0.05) is 31.9 Å². The van der Waals surface area contributed by atoms with Crippen molar-refractivity contribution >= 4 is 43.8 Å². The quantitative estimate of drug-likeness (QED) is 0.179. The van der Waals surface area contributed by atoms with E-state index >= 15 is 0 Å². The van der Waals surface area contributed by atoms with Gasteiger partial charge < -0.3 is 14.7 Å². The van der Waals surface area contributed by atoms with Crippen molar-refractivity contribution < 1.29 is 23.8 Å². The maximum absolute atomic E-state index is 11.9. The second-order valence-corrected chi connectivity index (χ2v) is 6.32. The molecule has 0 saturated heterocycles. The van der Waals surface area contributed by atoms with Crippen LogP contribution in [-0.2, 0) is 9.47 Å². The topological polar surface area (TPSA) is 79.5 Å². The van der Waals surface area contributed by atoms with Crippen molar-refractivity contribution in [3.63, 3.8) is 0 Å². The predicted molar refractivity (Wildman–Crippen MR) is 92.0 cm³/mol. The summed E-state index contributed by atoms with van der Waals surface area (Å²) in [6.45, 7) is 0.537. The molecule has 23 heavy (non-hydrogen) atoms. The minimum Gasteiger partial charge on any atom is -0.619 e. The highest BCUT2D eigenvalue weighted by Crippen LogP contribution is 2.07. The molecule has 0 spiro atoms. The zero-order chi connectivity index (χ0) is 17.1. The lowest BCUT2D eigenvalue weighted by Gasteiger charge is -2.07. The predicted octanol–water partition coefficient (Wildman–Crippen LogP) is 2.98. The van der Waals surface area contributed by atoms with Crippen molar-refractivity contribution in [2.75, 3.05) is 23.9 Å². The minimum atomic E-state index is -0.627. The van der Waals surface area contributed by atoms with Crippen molar-refractivity contribution in [1.82, 2.24) is 0 Å². The molecule has 0 fully saturated rings. The normalized spacial score (nSPS) is 10.3. The van der Waals surface area contributed by atoms with Crippen LogP contribution in [0.2, 0.25) is 0 Å². The van der Waals surface area contributed by atoms with E-state index < -0.39 is 11.9 Å². The first-order valence-corrected chi connectivity index (χ1v) is 9.52. The van der Waals surface area contributed by atoms with Crippen molar-refractivity contribution in [1.29, 1.82) is 0 Å². The third-order valence-corrected chi connectivity index (χ3v) is 3.96. The lowest BCUT2D eigenvalue weighted by Crippen LogP contribution is -2.29. The fraction of sp³-hybridized carbons (Fsp3) is 0.533. The first-order valence-electron chi connectivity index (χ1n) is 7.28. The lowest BCUT2D eigenvalue weighted by atomic mass is 10.2. The summed E-state index contributed by atoms with van der Waals surface area (Å²) in [5.41, 5.74) is 0.0718. The van der Waals surface area contributed by atoms with Crippen LogP contribution in [0.1, 0.15) is 46.4 Å². The van der Waals surface area contributed by atoms with Crippen LogP contribution >= 0.6 is 31.9 Å². The number of unbranched alkanes of at least 4 members (excludes halogenated alkanes) is 2. The van der Waals surface area contributed by atoms with E-state index in [0.717, 1.165) is 48.7 Å². The molecule has 0 aliphatic heterocycles. The molecule has 1 aromatic heterocycles. The van der Waals surface area contributed by atoms with Crippen LogP contribution < -0.4 is 4.73 Å². The van der Waals surface area contributed by atoms with E-state index in [1.807, 2.05) is 0 Å². The molecule has 0 N–H and O–H groups in total. The highest BCUT2D eigenvalue weighted by Gasteiger charge is 2.18. The zero-order valence-electron chi connectivity index (χ0n) is 12.6. The van der Waals surface area contributed by atoms with Crippen LogP contribution in [0.5, 0.6) is 0 Å². The maximum Gasteiger partial charge on any atom is 0.344 e. The Balaban J connectivity index is 2.63. The average molecular weight is 453 g/mol. The standard InChI is InChI=1S/C15H19Br2NO5/c16-5-1-3-7-22-14(19)12-9-13(11-18(21)10-12)15(20)23-8-4-2-6-17/h9-11H,1-8H2. The molecule has 0 atom stereocenters. The Bertz CT molecular complexity index is 482. The molecule has 128 valence electrons. The van der Waals surface area contributed by atoms with Gasteiger partial charge in [0.25, 0.3) is 0 Å². The summed E-state index contributed by atoms with van der Waals surface area (Å²) in [5, 5.41) is 13.2. The van der Waals surface area contributed by atoms with Gasteiger partial charge in [-0.3, -0.25) is 0 Å². The number of carbonyl (C=O) groups is 2. The molecule has 0 amide bonds. The second-order valence-electron chi connectivity index (χ2n) is 4.74. The van der Waals surface area contributed by atoms with Crippen molar-refractivity contribution in [3.8, 4) is 0 Å². The number of aromatic nitrogens is 1. The van der Waals surface area contributed by atoms with Gasteiger partial charge in [-0.2, -0.15) is 4.73 Å². The first-order chi connectivity index (χ1) is 11.1. The number of halogens is 2. The Morgan fingerprint density at radius 1 is 0.913 bits per heavy atom. The Kier molecular flexibility index (Phi) is 9.86. The molecule has 8 heteroatoms. The van der Waals surface area contributed by atoms with Crippen LogP contribution in [0, 0.1) is 5.21 Å². The average Bonchev–Trinajstić information content (AvgIpc) is 2.54. The number of ether oxygens (including phenoxy) is 2. The van der Waals surface area contributed by atoms with Gasteiger partial charge in [-0.15, -0.1) is 0 Å². The van der Waals surface area contributed by atoms with Gasteiger partial charge >= 0.3 is 11.9 Å². The van der Waals surface area contributed by atoms with Crippen LogP contribution in [0.25, 0.3) is 0 Å². The first kappa shape index (κ1) is 19.9. The van der Waals surface area contributed by atoms with Crippen LogP contribution in [0.3, 0.4) is 0 Å². The van der Waals surface area contributed by atoms with E-state index in [4.69, 9.17) is 9.47 Å². The molecule has 0 aromatic carbocycles. The molecule has 1 heterocycles. The maximum atomic E-state index is 11.9. The van der Waals surface area contributed by atoms with Gasteiger partial charge in [0.2, 0.25) is 0 Å². The van der Waals surface area contributed by atoms with E-state index in [-0.39, 0.29) is 24.3 Å². The number of hydrogen-bond acceptors (Lipinski definition) is 5. The van der Waals surface area contributed by atoms with Crippen molar-refractivity contribution in [3.05, 3.63) is 34.8 Å². The number of nitrogens with zero attached hydrogens (tertiary/aromatic N) is 1. The Morgan fingerprint density at radius 3 is 1.74 bits per heavy atom. The fourth-order valence-electron chi connectivity index (χ4n) is 1.67. The van der Waals surface area contributed by atoms with Gasteiger partial charge in [-0.25, -0.2) is 9.59 Å². The Hall–Kier alpha value is -1.15. The van der Waals surface area contributed by atoms with E-state index in [1.54, 1.807) is 0 Å². The van der Waals surface area contributed by atoms with Gasteiger partial charge in [0.05, 0.1) is 13.2 Å². The Morgan fingerprint density at radius 2 is 1.35 bits per heavy atom. The second kappa shape index (κ2) is 11.4. The molecule has 6 nitrogen and oxygen atoms in total. The smallest absolute Gasteiger partial charge is 0.344 e. The molecule has 0 aliphatic rings. The number of pyridine rings is 1. The van der Waals surface area contributed by atoms with E-state index in [1.165, 1.54) is 6.07 Å². The molecule has 0 bridgehead atoms. The highest BCUT2D eigenvalue weighted by atomic mass is 79.9. The van der Waals surface area contributed by atoms with Crippen LogP contribution in [0.15, 0.2) is 18.5 Å². The van der Waals surface area contributed by atoms with E-state index in [2.05, 4.69) is 31.9 Å². The van der Waals surface area contributed by atoms with Gasteiger partial charge in [0.1, 0.15) is 11.1 Å². The zero-order valence-corrected chi connectivity index (χ0v) is 15.8. The van der Waals surface area contributed by atoms with Crippen LogP contribution in [-0.4, -0.2) is 35.8 Å². The molecule has 1 aromatic rings. The molecule has 0 radical (unpaired) electrons. The van der Waals surface area contributed by atoms with Crippen molar-refractivity contribution in [2.45, 2.75) is 25.7 Å². The van der Waals surface area contributed by atoms with Gasteiger partial charge in [0.15, 0.2) is 12.4 Å². The Labute approximate surface area is 152 Å². The summed E-state index contributed by atoms with van der Waals surface area (Å²) in [7, 11) is 0. The minimum absolute atomic E-state index is 0.0359. The summed E-state index contributed by atoms with van der Waals surface area (Å²) < 4.78 is 10.5. The summed E-state index contributed by atoms with van der Waals surface area (Å²) in [6.07, 6.45) is 5.38. The SMILES string of the molecule is O=C(OCCCCBr)c1cc(C(=O)OCCCCBr)c[n+]([O-])c1. The third kappa shape index (κ3) is 7.78. The number of hydrogen-bond donors (Lipinski definition) is 0. The molecular formula is C15H19Br2NO5. The van der Waals surface area contributed by atoms with Crippen molar-refractivity contribution in [2.24, 2.45) is 0 Å². The summed E-state index contributed by atoms with van der Waals surface area (Å²) in [5.74, 6) is -1.25. The third-order valence-electron chi connectivity index (χ3n) is 2.84. The number of alkyl halides is 2. The summed E-state index contributed by atoms with van der Waals surface area (Å²) in [6, 6.07) is 1.31. The van der Waals surface area contributed by atoms with E-state index in [9.17, 15) is 14.8 Å². The lowest BCUT2D eigenvalue weighted by molar-refractivity contribution is -0.605. The van der Waals surface area contributed by atoms with Crippen LogP contribution in [0.4, 0.5) is 0 Å². The summed E-state index contributed by atoms with van der Waals surface area (Å²) in [4.78, 5) is 23.8. The largest absolute Gasteiger partial charge is 0.619 e. The summed E-state index contributed by atoms with van der Waals surface area (Å²) >= 11 is 6.58. The molecule has 0 unspecified atom stereocenters. The molecule has 0 saturated carbocycles. The van der Waals surface area contributed by atoms with E-state index in [0.29, 0.717) is 4.73 Å². The number of esters is 2. The van der Waals surface area contributed by atoms with Gasteiger partial charge in [-0.05, 0) is 31.7 Å². The monoisotopic (exact) mass is 451 g/mol.